The van der Waals surface area contributed by atoms with Crippen molar-refractivity contribution in [2.45, 2.75) is 18.3 Å². The third-order valence-electron chi connectivity index (χ3n) is 2.72. The van der Waals surface area contributed by atoms with Gasteiger partial charge in [-0.15, -0.1) is 12.4 Å². The fraction of sp³-hybridized carbons (Fsp3) is 0.500. The van der Waals surface area contributed by atoms with Crippen LogP contribution in [0.1, 0.15) is 17.9 Å². The minimum Gasteiger partial charge on any atom is -0.619 e. The molecule has 0 amide bonds. The molecule has 1 unspecified atom stereocenters. The minimum absolute atomic E-state index is 0. The van der Waals surface area contributed by atoms with Crippen molar-refractivity contribution >= 4 is 12.4 Å². The normalized spacial score (nSPS) is 23.5. The lowest BCUT2D eigenvalue weighted by molar-refractivity contribution is -0.605. The molecule has 0 aliphatic carbocycles. The van der Waals surface area contributed by atoms with Crippen molar-refractivity contribution in [1.82, 2.24) is 5.32 Å². The predicted molar refractivity (Wildman–Crippen MR) is 57.8 cm³/mol. The Morgan fingerprint density at radius 2 is 2.00 bits per heavy atom. The Labute approximate surface area is 98.5 Å². The van der Waals surface area contributed by atoms with Crippen molar-refractivity contribution in [2.24, 2.45) is 0 Å². The fourth-order valence-corrected chi connectivity index (χ4v) is 1.84. The molecular weight excluding hydrogens is 238 g/mol. The second-order valence-electron chi connectivity index (χ2n) is 3.76. The molecule has 90 valence electrons. The zero-order valence-corrected chi connectivity index (χ0v) is 9.34. The van der Waals surface area contributed by atoms with Crippen LogP contribution in [0.3, 0.4) is 0 Å². The van der Waals surface area contributed by atoms with E-state index >= 15 is 0 Å². The number of hydrogen-bond acceptors (Lipinski definition) is 2. The molecule has 1 aliphatic heterocycles. The van der Waals surface area contributed by atoms with Gasteiger partial charge in [-0.2, -0.15) is 4.73 Å². The van der Waals surface area contributed by atoms with Crippen LogP contribution >= 0.6 is 12.4 Å². The number of halogens is 3. The second-order valence-corrected chi connectivity index (χ2v) is 3.76. The van der Waals surface area contributed by atoms with Crippen LogP contribution < -0.4 is 10.0 Å². The lowest BCUT2D eigenvalue weighted by Gasteiger charge is -2.31. The van der Waals surface area contributed by atoms with E-state index in [2.05, 4.69) is 5.32 Å². The summed E-state index contributed by atoms with van der Waals surface area (Å²) in [5.41, 5.74) is 0.513. The van der Waals surface area contributed by atoms with Crippen LogP contribution in [0, 0.1) is 5.21 Å². The molecule has 2 rings (SSSR count). The van der Waals surface area contributed by atoms with E-state index < -0.39 is 11.8 Å². The number of nitrogens with one attached hydrogen (secondary N) is 1. The summed E-state index contributed by atoms with van der Waals surface area (Å²) in [5, 5.41) is 13.7. The van der Waals surface area contributed by atoms with Gasteiger partial charge >= 0.3 is 0 Å². The van der Waals surface area contributed by atoms with Gasteiger partial charge in [0, 0.05) is 31.6 Å². The first-order valence-corrected chi connectivity index (χ1v) is 4.87. The summed E-state index contributed by atoms with van der Waals surface area (Å²) < 4.78 is 27.7. The van der Waals surface area contributed by atoms with Gasteiger partial charge in [0.15, 0.2) is 12.4 Å². The SMILES string of the molecule is Cl.[O-][n+]1ccc(C2CNCCC2(F)F)cc1. The Kier molecular flexibility index (Phi) is 4.04. The van der Waals surface area contributed by atoms with Gasteiger partial charge in [-0.3, -0.25) is 0 Å². The highest BCUT2D eigenvalue weighted by Crippen LogP contribution is 2.37. The molecular formula is C10H13ClF2N2O. The Morgan fingerprint density at radius 1 is 1.38 bits per heavy atom. The van der Waals surface area contributed by atoms with E-state index in [1.54, 1.807) is 0 Å². The van der Waals surface area contributed by atoms with E-state index in [4.69, 9.17) is 0 Å². The van der Waals surface area contributed by atoms with Gasteiger partial charge in [0.1, 0.15) is 0 Å². The predicted octanol–water partition coefficient (Wildman–Crippen LogP) is 1.45. The number of alkyl halides is 2. The van der Waals surface area contributed by atoms with Crippen LogP contribution in [0.25, 0.3) is 0 Å². The first-order valence-electron chi connectivity index (χ1n) is 4.87. The van der Waals surface area contributed by atoms with Gasteiger partial charge in [0.05, 0.1) is 5.92 Å². The molecule has 1 aromatic rings. The second kappa shape index (κ2) is 4.93. The van der Waals surface area contributed by atoms with Crippen molar-refractivity contribution < 1.29 is 13.5 Å². The third kappa shape index (κ3) is 2.59. The molecule has 2 heterocycles. The average Bonchev–Trinajstić information content (AvgIpc) is 2.19. The maximum Gasteiger partial charge on any atom is 0.257 e. The van der Waals surface area contributed by atoms with E-state index in [1.807, 2.05) is 0 Å². The summed E-state index contributed by atoms with van der Waals surface area (Å²) in [6.45, 7) is 0.605. The molecule has 3 nitrogen and oxygen atoms in total. The van der Waals surface area contributed by atoms with Gasteiger partial charge in [-0.25, -0.2) is 8.78 Å². The minimum atomic E-state index is -2.68. The average molecular weight is 251 g/mol. The van der Waals surface area contributed by atoms with E-state index in [0.29, 0.717) is 16.8 Å². The van der Waals surface area contributed by atoms with Crippen LogP contribution in [0.2, 0.25) is 0 Å². The first-order chi connectivity index (χ1) is 7.09. The molecule has 16 heavy (non-hydrogen) atoms. The quantitative estimate of drug-likeness (QED) is 0.605. The highest BCUT2D eigenvalue weighted by molar-refractivity contribution is 5.85. The molecule has 1 N–H and O–H groups in total. The molecule has 1 aromatic heterocycles. The van der Waals surface area contributed by atoms with Crippen molar-refractivity contribution in [2.75, 3.05) is 13.1 Å². The highest BCUT2D eigenvalue weighted by atomic mass is 35.5. The van der Waals surface area contributed by atoms with Gasteiger partial charge in [0.2, 0.25) is 0 Å². The fourth-order valence-electron chi connectivity index (χ4n) is 1.84. The number of hydrogen-bond donors (Lipinski definition) is 1. The van der Waals surface area contributed by atoms with Gasteiger partial charge in [0.25, 0.3) is 5.92 Å². The molecule has 0 bridgehead atoms. The number of pyridine rings is 1. The maximum absolute atomic E-state index is 13.5. The van der Waals surface area contributed by atoms with Gasteiger partial charge in [-0.1, -0.05) is 0 Å². The van der Waals surface area contributed by atoms with Gasteiger partial charge < -0.3 is 10.5 Å². The summed E-state index contributed by atoms with van der Waals surface area (Å²) in [4.78, 5) is 0. The zero-order valence-electron chi connectivity index (χ0n) is 8.53. The number of aromatic nitrogens is 1. The number of nitrogens with zero attached hydrogens (tertiary/aromatic N) is 1. The molecule has 0 spiro atoms. The molecule has 6 heteroatoms. The maximum atomic E-state index is 13.5. The van der Waals surface area contributed by atoms with E-state index in [9.17, 15) is 14.0 Å². The molecule has 0 aromatic carbocycles. The smallest absolute Gasteiger partial charge is 0.257 e. The molecule has 1 saturated heterocycles. The molecule has 0 saturated carbocycles. The first kappa shape index (κ1) is 13.1. The largest absolute Gasteiger partial charge is 0.619 e. The van der Waals surface area contributed by atoms with Crippen molar-refractivity contribution in [3.8, 4) is 0 Å². The Bertz CT molecular complexity index is 345. The Morgan fingerprint density at radius 3 is 2.56 bits per heavy atom. The molecule has 1 atom stereocenters. The summed E-state index contributed by atoms with van der Waals surface area (Å²) in [7, 11) is 0. The van der Waals surface area contributed by atoms with E-state index in [1.165, 1.54) is 24.5 Å². The van der Waals surface area contributed by atoms with Gasteiger partial charge in [-0.05, 0) is 5.56 Å². The molecule has 1 aliphatic rings. The topological polar surface area (TPSA) is 39.0 Å². The van der Waals surface area contributed by atoms with Crippen LogP contribution in [0.5, 0.6) is 0 Å². The zero-order chi connectivity index (χ0) is 10.9. The van der Waals surface area contributed by atoms with Crippen LogP contribution in [-0.4, -0.2) is 19.0 Å². The molecule has 1 fully saturated rings. The Balaban J connectivity index is 0.00000128. The van der Waals surface area contributed by atoms with E-state index in [0.717, 1.165) is 0 Å². The number of rotatable bonds is 1. The summed E-state index contributed by atoms with van der Waals surface area (Å²) in [5.74, 6) is -3.51. The standard InChI is InChI=1S/C10H12F2N2O.ClH/c11-10(12)3-4-13-7-9(10)8-1-5-14(15)6-2-8;/h1-2,5-6,9,13H,3-4,7H2;1H. The van der Waals surface area contributed by atoms with Crippen LogP contribution in [0.4, 0.5) is 8.78 Å². The van der Waals surface area contributed by atoms with E-state index in [-0.39, 0.29) is 25.4 Å². The summed E-state index contributed by atoms with van der Waals surface area (Å²) in [6, 6.07) is 2.91. The Hall–Kier alpha value is -0.940. The van der Waals surface area contributed by atoms with Crippen LogP contribution in [-0.2, 0) is 0 Å². The van der Waals surface area contributed by atoms with Crippen LogP contribution in [0.15, 0.2) is 24.5 Å². The lowest BCUT2D eigenvalue weighted by Crippen LogP contribution is -2.43. The number of piperidine rings is 1. The third-order valence-corrected chi connectivity index (χ3v) is 2.72. The van der Waals surface area contributed by atoms with Crippen molar-refractivity contribution in [3.63, 3.8) is 0 Å². The lowest BCUT2D eigenvalue weighted by atomic mass is 9.89. The summed E-state index contributed by atoms with van der Waals surface area (Å²) in [6.07, 6.45) is 2.35. The van der Waals surface area contributed by atoms with Crippen molar-refractivity contribution in [3.05, 3.63) is 35.3 Å². The highest BCUT2D eigenvalue weighted by Gasteiger charge is 2.42. The monoisotopic (exact) mass is 250 g/mol. The van der Waals surface area contributed by atoms with Crippen molar-refractivity contribution in [1.29, 1.82) is 0 Å². The molecule has 0 radical (unpaired) electrons. The summed E-state index contributed by atoms with van der Waals surface area (Å²) >= 11 is 0.